The molecule has 1 aromatic heterocycles. The molecule has 0 amide bonds. The Hall–Kier alpha value is -3.41. The maximum Gasteiger partial charge on any atom is 0.373 e. The van der Waals surface area contributed by atoms with E-state index >= 15 is 0 Å². The van der Waals surface area contributed by atoms with Gasteiger partial charge in [0.1, 0.15) is 6.33 Å². The Morgan fingerprint density at radius 1 is 1.26 bits per heavy atom. The van der Waals surface area contributed by atoms with E-state index < -0.39 is 10.8 Å². The molecule has 1 N–H and O–H groups in total. The molecule has 1 heterocycles. The molecule has 3 rings (SSSR count). The zero-order valence-electron chi connectivity index (χ0n) is 16.6. The Labute approximate surface area is 188 Å². The van der Waals surface area contributed by atoms with Crippen LogP contribution in [0, 0.1) is 28.4 Å². The van der Waals surface area contributed by atoms with E-state index in [1.54, 1.807) is 50.2 Å². The standard InChI is InChI=1S/C21H17Cl2N5O3/c1-3-31-21-19(28(29)30)20(25-11-26-21)27-18-9-17(23)15(8-12(18)2)16(10-24)13-4-6-14(22)7-5-13/h4-9,11,16H,3H2,1-2H3,(H,25,26,27). The highest BCUT2D eigenvalue weighted by molar-refractivity contribution is 6.32. The summed E-state index contributed by atoms with van der Waals surface area (Å²) in [6.45, 7) is 3.72. The minimum Gasteiger partial charge on any atom is -0.473 e. The summed E-state index contributed by atoms with van der Waals surface area (Å²) in [6.07, 6.45) is 1.18. The number of nitrogens with zero attached hydrogens (tertiary/aromatic N) is 4. The topological polar surface area (TPSA) is 114 Å². The lowest BCUT2D eigenvalue weighted by molar-refractivity contribution is -0.385. The zero-order chi connectivity index (χ0) is 22.5. The Morgan fingerprint density at radius 3 is 2.58 bits per heavy atom. The molecule has 0 saturated carbocycles. The number of nitrogens with one attached hydrogen (secondary N) is 1. The lowest BCUT2D eigenvalue weighted by atomic mass is 9.91. The molecular weight excluding hydrogens is 441 g/mol. The molecule has 0 aliphatic heterocycles. The number of ether oxygens (including phenoxy) is 1. The normalized spacial score (nSPS) is 11.5. The van der Waals surface area contributed by atoms with Gasteiger partial charge in [0.2, 0.25) is 5.82 Å². The summed E-state index contributed by atoms with van der Waals surface area (Å²) in [4.78, 5) is 18.8. The molecule has 2 aromatic carbocycles. The van der Waals surface area contributed by atoms with E-state index in [0.717, 1.165) is 11.1 Å². The average molecular weight is 458 g/mol. The Bertz CT molecular complexity index is 1160. The van der Waals surface area contributed by atoms with Crippen molar-refractivity contribution in [2.24, 2.45) is 0 Å². The van der Waals surface area contributed by atoms with Crippen molar-refractivity contribution in [2.45, 2.75) is 19.8 Å². The van der Waals surface area contributed by atoms with Gasteiger partial charge >= 0.3 is 5.69 Å². The molecule has 0 spiro atoms. The first-order chi connectivity index (χ1) is 14.8. The van der Waals surface area contributed by atoms with Gasteiger partial charge in [0, 0.05) is 15.7 Å². The van der Waals surface area contributed by atoms with Gasteiger partial charge in [0.15, 0.2) is 0 Å². The molecule has 8 nitrogen and oxygen atoms in total. The largest absolute Gasteiger partial charge is 0.473 e. The van der Waals surface area contributed by atoms with Crippen LogP contribution in [0.1, 0.15) is 29.5 Å². The maximum atomic E-state index is 11.6. The zero-order valence-corrected chi connectivity index (χ0v) is 18.1. The molecule has 0 bridgehead atoms. The van der Waals surface area contributed by atoms with E-state index in [0.29, 0.717) is 21.3 Å². The summed E-state index contributed by atoms with van der Waals surface area (Å²) >= 11 is 12.4. The van der Waals surface area contributed by atoms with Crippen LogP contribution in [-0.4, -0.2) is 21.5 Å². The summed E-state index contributed by atoms with van der Waals surface area (Å²) in [5, 5.41) is 25.1. The van der Waals surface area contributed by atoms with E-state index in [1.807, 2.05) is 0 Å². The summed E-state index contributed by atoms with van der Waals surface area (Å²) in [7, 11) is 0. The number of aromatic nitrogens is 2. The molecule has 1 atom stereocenters. The third-order valence-electron chi connectivity index (χ3n) is 4.49. The fourth-order valence-corrected chi connectivity index (χ4v) is 3.43. The van der Waals surface area contributed by atoms with Crippen LogP contribution in [0.5, 0.6) is 5.88 Å². The van der Waals surface area contributed by atoms with Crippen LogP contribution in [0.2, 0.25) is 10.0 Å². The van der Waals surface area contributed by atoms with Crippen molar-refractivity contribution in [3.8, 4) is 11.9 Å². The van der Waals surface area contributed by atoms with E-state index in [9.17, 15) is 15.4 Å². The molecular formula is C21H17Cl2N5O3. The SMILES string of the molecule is CCOc1ncnc(Nc2cc(Cl)c(C(C#N)c3ccc(Cl)cc3)cc2C)c1[N+](=O)[O-]. The van der Waals surface area contributed by atoms with Crippen LogP contribution in [0.3, 0.4) is 0 Å². The Morgan fingerprint density at radius 2 is 1.97 bits per heavy atom. The smallest absolute Gasteiger partial charge is 0.373 e. The number of nitro groups is 1. The van der Waals surface area contributed by atoms with E-state index in [4.69, 9.17) is 27.9 Å². The molecule has 0 radical (unpaired) electrons. The number of benzene rings is 2. The number of nitriles is 1. The van der Waals surface area contributed by atoms with Gasteiger partial charge in [-0.2, -0.15) is 10.2 Å². The highest BCUT2D eigenvalue weighted by Gasteiger charge is 2.25. The molecule has 0 aliphatic rings. The van der Waals surface area contributed by atoms with Gasteiger partial charge in [-0.3, -0.25) is 10.1 Å². The minimum absolute atomic E-state index is 0.0232. The lowest BCUT2D eigenvalue weighted by Crippen LogP contribution is -2.06. The van der Waals surface area contributed by atoms with Crippen molar-refractivity contribution in [2.75, 3.05) is 11.9 Å². The minimum atomic E-state index is -0.606. The van der Waals surface area contributed by atoms with Crippen LogP contribution in [0.4, 0.5) is 17.2 Å². The van der Waals surface area contributed by atoms with Gasteiger partial charge in [0.05, 0.1) is 23.5 Å². The second-order valence-electron chi connectivity index (χ2n) is 6.49. The number of hydrogen-bond acceptors (Lipinski definition) is 7. The monoisotopic (exact) mass is 457 g/mol. The number of rotatable bonds is 7. The van der Waals surface area contributed by atoms with Gasteiger partial charge in [-0.1, -0.05) is 41.4 Å². The van der Waals surface area contributed by atoms with Crippen LogP contribution in [0.15, 0.2) is 42.7 Å². The molecule has 0 aliphatic carbocycles. The highest BCUT2D eigenvalue weighted by Crippen LogP contribution is 2.37. The van der Waals surface area contributed by atoms with Crippen LogP contribution in [0.25, 0.3) is 0 Å². The third-order valence-corrected chi connectivity index (χ3v) is 5.07. The first kappa shape index (κ1) is 22.3. The molecule has 158 valence electrons. The fraction of sp³-hybridized carbons (Fsp3) is 0.190. The van der Waals surface area contributed by atoms with Gasteiger partial charge < -0.3 is 10.1 Å². The van der Waals surface area contributed by atoms with Crippen molar-refractivity contribution >= 4 is 40.4 Å². The fourth-order valence-electron chi connectivity index (χ4n) is 3.03. The summed E-state index contributed by atoms with van der Waals surface area (Å²) in [6, 6.07) is 12.6. The summed E-state index contributed by atoms with van der Waals surface area (Å²) < 4.78 is 5.25. The highest BCUT2D eigenvalue weighted by atomic mass is 35.5. The number of anilines is 2. The second kappa shape index (κ2) is 9.60. The Balaban J connectivity index is 2.00. The summed E-state index contributed by atoms with van der Waals surface area (Å²) in [5.41, 5.74) is 2.22. The van der Waals surface area contributed by atoms with Crippen LogP contribution in [-0.2, 0) is 0 Å². The predicted octanol–water partition coefficient (Wildman–Crippen LogP) is 5.80. The third kappa shape index (κ3) is 4.85. The number of halogens is 2. The summed E-state index contributed by atoms with van der Waals surface area (Å²) in [5.74, 6) is -0.752. The molecule has 0 fully saturated rings. The second-order valence-corrected chi connectivity index (χ2v) is 7.34. The van der Waals surface area contributed by atoms with Crippen molar-refractivity contribution in [1.29, 1.82) is 5.26 Å². The van der Waals surface area contributed by atoms with Gasteiger partial charge in [-0.25, -0.2) is 4.98 Å². The predicted molar refractivity (Wildman–Crippen MR) is 118 cm³/mol. The first-order valence-corrected chi connectivity index (χ1v) is 9.95. The molecule has 1 unspecified atom stereocenters. The van der Waals surface area contributed by atoms with Gasteiger partial charge in [-0.05, 0) is 48.7 Å². The maximum absolute atomic E-state index is 11.6. The van der Waals surface area contributed by atoms with Crippen molar-refractivity contribution in [3.63, 3.8) is 0 Å². The molecule has 10 heteroatoms. The van der Waals surface area contributed by atoms with Gasteiger partial charge in [0.25, 0.3) is 5.88 Å². The number of hydrogen-bond donors (Lipinski definition) is 1. The van der Waals surface area contributed by atoms with E-state index in [1.165, 1.54) is 6.33 Å². The Kier molecular flexibility index (Phi) is 6.90. The van der Waals surface area contributed by atoms with Crippen LogP contribution < -0.4 is 10.1 Å². The van der Waals surface area contributed by atoms with Crippen molar-refractivity contribution in [1.82, 2.24) is 9.97 Å². The molecule has 0 saturated heterocycles. The van der Waals surface area contributed by atoms with Gasteiger partial charge in [-0.15, -0.1) is 0 Å². The van der Waals surface area contributed by atoms with Crippen molar-refractivity contribution < 1.29 is 9.66 Å². The number of aryl methyl sites for hydroxylation is 1. The molecule has 3 aromatic rings. The average Bonchev–Trinajstić information content (AvgIpc) is 2.73. The lowest BCUT2D eigenvalue weighted by Gasteiger charge is -2.16. The van der Waals surface area contributed by atoms with Crippen LogP contribution >= 0.6 is 23.2 Å². The van der Waals surface area contributed by atoms with Crippen molar-refractivity contribution in [3.05, 3.63) is 79.6 Å². The first-order valence-electron chi connectivity index (χ1n) is 9.20. The molecule has 31 heavy (non-hydrogen) atoms. The van der Waals surface area contributed by atoms with E-state index in [2.05, 4.69) is 21.4 Å². The quantitative estimate of drug-likeness (QED) is 0.352. The van der Waals surface area contributed by atoms with E-state index in [-0.39, 0.29) is 24.0 Å².